The van der Waals surface area contributed by atoms with Gasteiger partial charge in [-0.15, -0.1) is 11.3 Å². The van der Waals surface area contributed by atoms with E-state index in [9.17, 15) is 4.79 Å². The van der Waals surface area contributed by atoms with E-state index in [0.29, 0.717) is 18.3 Å². The molecule has 0 saturated carbocycles. The van der Waals surface area contributed by atoms with E-state index in [0.717, 1.165) is 10.7 Å². The summed E-state index contributed by atoms with van der Waals surface area (Å²) in [5.41, 5.74) is 0.690. The van der Waals surface area contributed by atoms with Crippen LogP contribution in [0.4, 0.5) is 4.79 Å². The molecule has 0 spiro atoms. The van der Waals surface area contributed by atoms with E-state index in [-0.39, 0.29) is 17.5 Å². The Hall–Kier alpha value is -1.96. The van der Waals surface area contributed by atoms with Crippen LogP contribution in [0.3, 0.4) is 0 Å². The lowest BCUT2D eigenvalue weighted by Gasteiger charge is -2.19. The summed E-state index contributed by atoms with van der Waals surface area (Å²) in [5, 5.41) is 9.77. The quantitative estimate of drug-likeness (QED) is 0.927. The summed E-state index contributed by atoms with van der Waals surface area (Å²) < 4.78 is 5.25. The van der Waals surface area contributed by atoms with Gasteiger partial charge in [0.1, 0.15) is 6.04 Å². The first-order valence-corrected chi connectivity index (χ1v) is 8.31. The van der Waals surface area contributed by atoms with E-state index in [4.69, 9.17) is 4.52 Å². The summed E-state index contributed by atoms with van der Waals surface area (Å²) in [6.45, 7) is 10.2. The topological polar surface area (TPSA) is 84.2 Å². The number of amides is 2. The fourth-order valence-electron chi connectivity index (χ4n) is 1.87. The van der Waals surface area contributed by atoms with Crippen LogP contribution in [0.25, 0.3) is 0 Å². The molecule has 0 aliphatic carbocycles. The minimum atomic E-state index is -0.356. The molecule has 2 heterocycles. The third-order valence-electron chi connectivity index (χ3n) is 3.24. The summed E-state index contributed by atoms with van der Waals surface area (Å²) in [7, 11) is 1.73. The lowest BCUT2D eigenvalue weighted by Crippen LogP contribution is -2.38. The Morgan fingerprint density at radius 1 is 1.43 bits per heavy atom. The number of nitrogens with one attached hydrogen (secondary N) is 1. The highest BCUT2D eigenvalue weighted by Gasteiger charge is 2.24. The highest BCUT2D eigenvalue weighted by Crippen LogP contribution is 2.20. The lowest BCUT2D eigenvalue weighted by molar-refractivity contribution is 0.200. The third-order valence-corrected chi connectivity index (χ3v) is 4.06. The molecule has 2 amide bonds. The average Bonchev–Trinajstić information content (AvgIpc) is 3.07. The first kappa shape index (κ1) is 17.4. The predicted octanol–water partition coefficient (Wildman–Crippen LogP) is 3.03. The van der Waals surface area contributed by atoms with Gasteiger partial charge in [0, 0.05) is 17.8 Å². The highest BCUT2D eigenvalue weighted by atomic mass is 32.1. The van der Waals surface area contributed by atoms with Gasteiger partial charge in [0.05, 0.1) is 17.2 Å². The smallest absolute Gasteiger partial charge is 0.318 e. The molecule has 0 radical (unpaired) electrons. The van der Waals surface area contributed by atoms with E-state index in [1.807, 2.05) is 40.0 Å². The van der Waals surface area contributed by atoms with Crippen LogP contribution >= 0.6 is 11.3 Å². The molecule has 2 rings (SSSR count). The maximum Gasteiger partial charge on any atom is 0.318 e. The van der Waals surface area contributed by atoms with Gasteiger partial charge in [0.2, 0.25) is 5.89 Å². The zero-order valence-corrected chi connectivity index (χ0v) is 15.2. The fourth-order valence-corrected chi connectivity index (χ4v) is 2.47. The number of nitrogens with zero attached hydrogens (tertiary/aromatic N) is 4. The highest BCUT2D eigenvalue weighted by molar-refractivity contribution is 7.09. The molecule has 0 aliphatic heterocycles. The number of aromatic nitrogens is 3. The molecular formula is C15H23N5O2S. The van der Waals surface area contributed by atoms with Crippen molar-refractivity contribution in [1.29, 1.82) is 0 Å². The van der Waals surface area contributed by atoms with Crippen LogP contribution in [-0.4, -0.2) is 33.1 Å². The van der Waals surface area contributed by atoms with Crippen LogP contribution < -0.4 is 5.32 Å². The number of hydrogen-bond acceptors (Lipinski definition) is 6. The second-order valence-corrected chi connectivity index (χ2v) is 7.65. The van der Waals surface area contributed by atoms with Crippen molar-refractivity contribution in [1.82, 2.24) is 25.3 Å². The minimum absolute atomic E-state index is 0.190. The lowest BCUT2D eigenvalue weighted by atomic mass is 9.96. The first-order valence-electron chi connectivity index (χ1n) is 7.43. The molecule has 7 nitrogen and oxygen atoms in total. The Labute approximate surface area is 140 Å². The van der Waals surface area contributed by atoms with Gasteiger partial charge in [-0.1, -0.05) is 25.9 Å². The van der Waals surface area contributed by atoms with Crippen molar-refractivity contribution in [2.75, 3.05) is 7.05 Å². The summed E-state index contributed by atoms with van der Waals surface area (Å²) in [6, 6.07) is -0.565. The normalized spacial score (nSPS) is 13.0. The molecule has 0 aromatic carbocycles. The maximum absolute atomic E-state index is 12.2. The molecule has 2 aromatic heterocycles. The van der Waals surface area contributed by atoms with E-state index in [1.165, 1.54) is 0 Å². The summed E-state index contributed by atoms with van der Waals surface area (Å²) in [6.07, 6.45) is 0. The van der Waals surface area contributed by atoms with Crippen LogP contribution in [0.2, 0.25) is 0 Å². The molecule has 2 aromatic rings. The van der Waals surface area contributed by atoms with Crippen molar-refractivity contribution in [2.24, 2.45) is 0 Å². The Balaban J connectivity index is 1.94. The monoisotopic (exact) mass is 337 g/mol. The standard InChI is InChI=1S/C15H23N5O2S/c1-9(12-18-13(19-22-12)15(3,4)5)16-14(21)20(6)7-11-8-23-10(2)17-11/h8-9H,7H2,1-6H3,(H,16,21)/t9-/m1/s1. The van der Waals surface area contributed by atoms with Gasteiger partial charge < -0.3 is 14.7 Å². The zero-order chi connectivity index (χ0) is 17.2. The van der Waals surface area contributed by atoms with Crippen molar-refractivity contribution in [3.8, 4) is 0 Å². The molecule has 23 heavy (non-hydrogen) atoms. The number of thiazole rings is 1. The first-order chi connectivity index (χ1) is 10.7. The second kappa shape index (κ2) is 6.66. The number of rotatable bonds is 4. The van der Waals surface area contributed by atoms with Crippen LogP contribution in [0.5, 0.6) is 0 Å². The molecule has 126 valence electrons. The van der Waals surface area contributed by atoms with Crippen LogP contribution in [0.15, 0.2) is 9.90 Å². The SMILES string of the molecule is Cc1nc(CN(C)C(=O)N[C@H](C)c2nc(C(C)(C)C)no2)cs1. The van der Waals surface area contributed by atoms with Gasteiger partial charge in [-0.05, 0) is 13.8 Å². The number of hydrogen-bond donors (Lipinski definition) is 1. The fraction of sp³-hybridized carbons (Fsp3) is 0.600. The summed E-state index contributed by atoms with van der Waals surface area (Å²) in [5.74, 6) is 1.03. The molecule has 8 heteroatoms. The van der Waals surface area contributed by atoms with Crippen molar-refractivity contribution >= 4 is 17.4 Å². The predicted molar refractivity (Wildman–Crippen MR) is 88.3 cm³/mol. The Bertz CT molecular complexity index is 673. The van der Waals surface area contributed by atoms with Crippen LogP contribution in [0, 0.1) is 6.92 Å². The van der Waals surface area contributed by atoms with E-state index < -0.39 is 0 Å². The summed E-state index contributed by atoms with van der Waals surface area (Å²) >= 11 is 1.57. The number of carbonyl (C=O) groups is 1. The van der Waals surface area contributed by atoms with Crippen molar-refractivity contribution in [3.63, 3.8) is 0 Å². The second-order valence-electron chi connectivity index (χ2n) is 6.59. The van der Waals surface area contributed by atoms with Gasteiger partial charge >= 0.3 is 6.03 Å². The van der Waals surface area contributed by atoms with Gasteiger partial charge in [-0.25, -0.2) is 9.78 Å². The van der Waals surface area contributed by atoms with Gasteiger partial charge in [-0.2, -0.15) is 4.98 Å². The van der Waals surface area contributed by atoms with Crippen molar-refractivity contribution in [2.45, 2.75) is 52.6 Å². The zero-order valence-electron chi connectivity index (χ0n) is 14.4. The molecule has 1 N–H and O–H groups in total. The number of carbonyl (C=O) groups excluding carboxylic acids is 1. The molecule has 0 aliphatic rings. The Morgan fingerprint density at radius 3 is 2.65 bits per heavy atom. The molecular weight excluding hydrogens is 314 g/mol. The Morgan fingerprint density at radius 2 is 2.13 bits per heavy atom. The molecule has 1 atom stereocenters. The van der Waals surface area contributed by atoms with Crippen LogP contribution in [-0.2, 0) is 12.0 Å². The molecule has 0 bridgehead atoms. The van der Waals surface area contributed by atoms with Crippen LogP contribution in [0.1, 0.15) is 56.2 Å². The number of aryl methyl sites for hydroxylation is 1. The van der Waals surface area contributed by atoms with E-state index in [1.54, 1.807) is 23.3 Å². The van der Waals surface area contributed by atoms with Gasteiger partial charge in [0.15, 0.2) is 5.82 Å². The maximum atomic E-state index is 12.2. The van der Waals surface area contributed by atoms with E-state index >= 15 is 0 Å². The minimum Gasteiger partial charge on any atom is -0.337 e. The largest absolute Gasteiger partial charge is 0.337 e. The third kappa shape index (κ3) is 4.51. The van der Waals surface area contributed by atoms with Crippen molar-refractivity contribution in [3.05, 3.63) is 27.8 Å². The molecule has 0 saturated heterocycles. The Kier molecular flexibility index (Phi) is 5.03. The average molecular weight is 337 g/mol. The van der Waals surface area contributed by atoms with Crippen molar-refractivity contribution < 1.29 is 9.32 Å². The van der Waals surface area contributed by atoms with Gasteiger partial charge in [-0.3, -0.25) is 0 Å². The summed E-state index contributed by atoms with van der Waals surface area (Å²) in [4.78, 5) is 22.5. The van der Waals surface area contributed by atoms with Gasteiger partial charge in [0.25, 0.3) is 0 Å². The molecule has 0 unspecified atom stereocenters. The number of urea groups is 1. The molecule has 0 fully saturated rings. The van der Waals surface area contributed by atoms with E-state index in [2.05, 4.69) is 20.4 Å².